The standard InChI is InChI=1S/C38H53N3O6S/c1-8-48(46,47)30-14-10-13-28(25-30)33-35(45)41(38(40-33)22-17-29(18-23-38)37(5,6)7)31(19-21-36(2,3)4)26-11-9-12-27(16-15-26)34(44)39-24-20-32(42)43/h10-16,25,29,31H,8-9,17-24H2,1-7H3,(H,39,44)(H,42,43)/t29?,31-,38?/m1/s1. The Kier molecular flexibility index (Phi) is 11.3. The second kappa shape index (κ2) is 14.5. The second-order valence-corrected chi connectivity index (χ2v) is 17.9. The number of aliphatic carboxylic acids is 1. The number of aliphatic imine (C=N–C) groups is 1. The van der Waals surface area contributed by atoms with E-state index in [-0.39, 0.29) is 52.3 Å². The number of nitrogens with zero attached hydrogens (tertiary/aromatic N) is 2. The molecule has 1 spiro atoms. The number of nitrogens with one attached hydrogen (secondary N) is 1. The minimum atomic E-state index is -3.49. The number of carboxylic acid groups (broad SMARTS) is 1. The highest BCUT2D eigenvalue weighted by molar-refractivity contribution is 7.91. The van der Waals surface area contributed by atoms with Gasteiger partial charge in [0.1, 0.15) is 11.4 Å². The number of carbonyl (C=O) groups excluding carboxylic acids is 2. The molecule has 1 saturated carbocycles. The zero-order chi connectivity index (χ0) is 35.5. The normalized spacial score (nSPS) is 22.6. The molecule has 262 valence electrons. The van der Waals surface area contributed by atoms with Crippen LogP contribution in [-0.4, -0.2) is 65.9 Å². The molecule has 0 bridgehead atoms. The molecule has 0 aromatic heterocycles. The number of rotatable bonds is 11. The van der Waals surface area contributed by atoms with E-state index in [0.29, 0.717) is 48.4 Å². The Labute approximate surface area is 286 Å². The fraction of sp³-hybridized carbons (Fsp3) is 0.579. The zero-order valence-corrected chi connectivity index (χ0v) is 30.5. The Morgan fingerprint density at radius 3 is 2.38 bits per heavy atom. The van der Waals surface area contributed by atoms with Crippen LogP contribution in [0.25, 0.3) is 0 Å². The number of hydrogen-bond donors (Lipinski definition) is 2. The molecule has 1 atom stereocenters. The minimum absolute atomic E-state index is 0.00689. The third-order valence-electron chi connectivity index (χ3n) is 9.94. The SMILES string of the molecule is CCS(=O)(=O)c1cccc(C2=NC3(CCC(C(C)(C)C)CC3)N([C@H](CCC(C)(C)C)C3=CCC=C(C(=O)NCCC(=O)O)C=C3)C2=O)c1. The van der Waals surface area contributed by atoms with E-state index in [1.54, 1.807) is 37.3 Å². The fourth-order valence-corrected chi connectivity index (χ4v) is 7.92. The third kappa shape index (κ3) is 8.73. The van der Waals surface area contributed by atoms with Crippen LogP contribution in [0.3, 0.4) is 0 Å². The van der Waals surface area contributed by atoms with Gasteiger partial charge in [-0.15, -0.1) is 0 Å². The molecular weight excluding hydrogens is 627 g/mol. The lowest BCUT2D eigenvalue weighted by atomic mass is 9.69. The van der Waals surface area contributed by atoms with E-state index in [9.17, 15) is 22.8 Å². The van der Waals surface area contributed by atoms with Crippen LogP contribution in [0.15, 0.2) is 69.6 Å². The summed E-state index contributed by atoms with van der Waals surface area (Å²) >= 11 is 0. The molecule has 9 nitrogen and oxygen atoms in total. The number of carbonyl (C=O) groups is 3. The van der Waals surface area contributed by atoms with Crippen LogP contribution >= 0.6 is 0 Å². The first-order valence-electron chi connectivity index (χ1n) is 17.2. The van der Waals surface area contributed by atoms with E-state index in [1.807, 2.05) is 17.1 Å². The van der Waals surface area contributed by atoms with Gasteiger partial charge in [-0.3, -0.25) is 19.4 Å². The molecule has 3 aliphatic rings. The summed E-state index contributed by atoms with van der Waals surface area (Å²) in [5.74, 6) is -1.08. The average Bonchev–Trinajstić information content (AvgIpc) is 3.14. The van der Waals surface area contributed by atoms with Crippen molar-refractivity contribution in [1.82, 2.24) is 10.2 Å². The van der Waals surface area contributed by atoms with Crippen LogP contribution in [0, 0.1) is 16.7 Å². The van der Waals surface area contributed by atoms with Gasteiger partial charge in [-0.2, -0.15) is 0 Å². The first-order valence-corrected chi connectivity index (χ1v) is 18.9. The third-order valence-corrected chi connectivity index (χ3v) is 11.7. The van der Waals surface area contributed by atoms with Crippen LogP contribution in [-0.2, 0) is 24.2 Å². The second-order valence-electron chi connectivity index (χ2n) is 15.6. The van der Waals surface area contributed by atoms with Crippen molar-refractivity contribution in [3.63, 3.8) is 0 Å². The number of allylic oxidation sites excluding steroid dienone is 2. The molecule has 0 saturated heterocycles. The summed E-state index contributed by atoms with van der Waals surface area (Å²) < 4.78 is 25.6. The molecule has 1 aliphatic heterocycles. The molecule has 0 radical (unpaired) electrons. The van der Waals surface area contributed by atoms with Gasteiger partial charge >= 0.3 is 5.97 Å². The lowest BCUT2D eigenvalue weighted by Crippen LogP contribution is -2.55. The molecule has 0 unspecified atom stereocenters. The maximum atomic E-state index is 14.8. The summed E-state index contributed by atoms with van der Waals surface area (Å²) in [4.78, 5) is 46.1. The molecule has 2 aliphatic carbocycles. The predicted molar refractivity (Wildman–Crippen MR) is 189 cm³/mol. The Hall–Kier alpha value is -3.53. The van der Waals surface area contributed by atoms with Crippen LogP contribution in [0.4, 0.5) is 0 Å². The maximum absolute atomic E-state index is 14.8. The summed E-state index contributed by atoms with van der Waals surface area (Å²) in [7, 11) is -3.49. The van der Waals surface area contributed by atoms with E-state index in [2.05, 4.69) is 52.9 Å². The average molecular weight is 680 g/mol. The summed E-state index contributed by atoms with van der Waals surface area (Å²) in [6.07, 6.45) is 12.6. The quantitative estimate of drug-likeness (QED) is 0.269. The number of carboxylic acids is 1. The fourth-order valence-electron chi connectivity index (χ4n) is 6.99. The molecule has 2 N–H and O–H groups in total. The van der Waals surface area contributed by atoms with Crippen LogP contribution < -0.4 is 5.32 Å². The van der Waals surface area contributed by atoms with Crippen LogP contribution in [0.5, 0.6) is 0 Å². The lowest BCUT2D eigenvalue weighted by molar-refractivity contribution is -0.137. The predicted octanol–water partition coefficient (Wildman–Crippen LogP) is 6.64. The van der Waals surface area contributed by atoms with Crippen molar-refractivity contribution in [3.05, 3.63) is 65.3 Å². The van der Waals surface area contributed by atoms with Crippen LogP contribution in [0.1, 0.15) is 105 Å². The molecular formula is C38H53N3O6S. The van der Waals surface area contributed by atoms with E-state index in [1.165, 1.54) is 0 Å². The Morgan fingerprint density at radius 1 is 1.08 bits per heavy atom. The molecule has 48 heavy (non-hydrogen) atoms. The van der Waals surface area contributed by atoms with Gasteiger partial charge in [0.05, 0.1) is 23.1 Å². The molecule has 2 amide bonds. The van der Waals surface area contributed by atoms with Crippen molar-refractivity contribution in [3.8, 4) is 0 Å². The highest BCUT2D eigenvalue weighted by Crippen LogP contribution is 2.49. The van der Waals surface area contributed by atoms with Gasteiger partial charge < -0.3 is 15.3 Å². The molecule has 1 fully saturated rings. The largest absolute Gasteiger partial charge is 0.481 e. The minimum Gasteiger partial charge on any atom is -0.481 e. The monoisotopic (exact) mass is 679 g/mol. The highest BCUT2D eigenvalue weighted by atomic mass is 32.2. The first kappa shape index (κ1) is 37.3. The van der Waals surface area contributed by atoms with Gasteiger partial charge in [0.2, 0.25) is 0 Å². The van der Waals surface area contributed by atoms with E-state index >= 15 is 0 Å². The molecule has 10 heteroatoms. The van der Waals surface area contributed by atoms with Crippen molar-refractivity contribution in [2.45, 2.75) is 116 Å². The van der Waals surface area contributed by atoms with Gasteiger partial charge in [0.25, 0.3) is 11.8 Å². The van der Waals surface area contributed by atoms with E-state index in [4.69, 9.17) is 10.1 Å². The summed E-state index contributed by atoms with van der Waals surface area (Å²) in [6, 6.07) is 6.28. The Morgan fingerprint density at radius 2 is 1.77 bits per heavy atom. The lowest BCUT2D eigenvalue weighted by Gasteiger charge is -2.48. The number of amides is 2. The van der Waals surface area contributed by atoms with Crippen LogP contribution in [0.2, 0.25) is 0 Å². The van der Waals surface area contributed by atoms with Crippen molar-refractivity contribution in [1.29, 1.82) is 0 Å². The van der Waals surface area contributed by atoms with Gasteiger partial charge in [0.15, 0.2) is 9.84 Å². The van der Waals surface area contributed by atoms with Gasteiger partial charge in [-0.1, -0.05) is 78.8 Å². The summed E-state index contributed by atoms with van der Waals surface area (Å²) in [6.45, 7) is 15.0. The van der Waals surface area contributed by atoms with Gasteiger partial charge in [0, 0.05) is 17.7 Å². The smallest absolute Gasteiger partial charge is 0.305 e. The van der Waals surface area contributed by atoms with Crippen molar-refractivity contribution in [2.24, 2.45) is 21.7 Å². The van der Waals surface area contributed by atoms with Crippen molar-refractivity contribution in [2.75, 3.05) is 12.3 Å². The summed E-state index contributed by atoms with van der Waals surface area (Å²) in [5.41, 5.74) is 1.52. The first-order chi connectivity index (χ1) is 22.4. The van der Waals surface area contributed by atoms with Gasteiger partial charge in [-0.25, -0.2) is 8.42 Å². The highest BCUT2D eigenvalue weighted by Gasteiger charge is 2.53. The molecule has 4 rings (SSSR count). The van der Waals surface area contributed by atoms with Crippen molar-refractivity contribution >= 4 is 33.3 Å². The molecule has 1 aromatic carbocycles. The molecule has 1 heterocycles. The van der Waals surface area contributed by atoms with E-state index in [0.717, 1.165) is 24.8 Å². The van der Waals surface area contributed by atoms with Crippen molar-refractivity contribution < 1.29 is 27.9 Å². The topological polar surface area (TPSA) is 133 Å². The number of sulfone groups is 1. The Balaban J connectivity index is 1.76. The zero-order valence-electron chi connectivity index (χ0n) is 29.6. The number of hydrogen-bond acceptors (Lipinski definition) is 6. The summed E-state index contributed by atoms with van der Waals surface area (Å²) in [5, 5.41) is 11.6. The molecule has 1 aromatic rings. The maximum Gasteiger partial charge on any atom is 0.305 e. The van der Waals surface area contributed by atoms with E-state index < -0.39 is 21.5 Å². The van der Waals surface area contributed by atoms with Gasteiger partial charge in [-0.05, 0) is 85.5 Å². The number of benzene rings is 1. The Bertz CT molecular complexity index is 1630.